The van der Waals surface area contributed by atoms with Gasteiger partial charge < -0.3 is 10.2 Å². The summed E-state index contributed by atoms with van der Waals surface area (Å²) in [6.07, 6.45) is 4.82. The number of hydrogen-bond acceptors (Lipinski definition) is 3. The zero-order valence-electron chi connectivity index (χ0n) is 12.6. The first-order valence-corrected chi connectivity index (χ1v) is 8.40. The highest BCUT2D eigenvalue weighted by molar-refractivity contribution is 9.10. The molecule has 1 aromatic carbocycles. The van der Waals surface area contributed by atoms with E-state index < -0.39 is 6.03 Å². The number of rotatable bonds is 2. The van der Waals surface area contributed by atoms with E-state index in [2.05, 4.69) is 43.6 Å². The van der Waals surface area contributed by atoms with Crippen LogP contribution in [0.25, 0.3) is 0 Å². The number of carbonyl (C=O) groups excluding carboxylic acids is 2. The Bertz CT molecular complexity index is 611. The van der Waals surface area contributed by atoms with E-state index in [9.17, 15) is 9.59 Å². The molecule has 0 atom stereocenters. The van der Waals surface area contributed by atoms with Crippen molar-refractivity contribution in [3.63, 3.8) is 0 Å². The van der Waals surface area contributed by atoms with Crippen molar-refractivity contribution >= 4 is 33.6 Å². The number of anilines is 1. The van der Waals surface area contributed by atoms with E-state index in [-0.39, 0.29) is 17.9 Å². The van der Waals surface area contributed by atoms with Crippen LogP contribution in [0.1, 0.15) is 31.2 Å². The number of nitrogens with zero attached hydrogens (tertiary/aromatic N) is 1. The third kappa shape index (κ3) is 2.72. The van der Waals surface area contributed by atoms with Gasteiger partial charge in [0.1, 0.15) is 0 Å². The van der Waals surface area contributed by atoms with Crippen molar-refractivity contribution in [2.75, 3.05) is 25.0 Å². The second-order valence-corrected chi connectivity index (χ2v) is 7.05. The molecule has 0 unspecified atom stereocenters. The normalized spacial score (nSPS) is 18.4. The first-order valence-electron chi connectivity index (χ1n) is 7.61. The molecule has 0 radical (unpaired) electrons. The summed E-state index contributed by atoms with van der Waals surface area (Å²) in [6, 6.07) is 5.81. The van der Waals surface area contributed by atoms with Gasteiger partial charge in [0, 0.05) is 29.2 Å². The number of urea groups is 1. The van der Waals surface area contributed by atoms with Gasteiger partial charge in [-0.3, -0.25) is 10.1 Å². The molecule has 1 saturated carbocycles. The highest BCUT2D eigenvalue weighted by Crippen LogP contribution is 2.50. The summed E-state index contributed by atoms with van der Waals surface area (Å²) in [6.45, 7) is 1.07. The quantitative estimate of drug-likeness (QED) is 0.846. The van der Waals surface area contributed by atoms with E-state index in [4.69, 9.17) is 0 Å². The number of amides is 3. The summed E-state index contributed by atoms with van der Waals surface area (Å²) < 4.78 is 1.08. The highest BCUT2D eigenvalue weighted by Gasteiger charge is 2.44. The molecule has 0 saturated heterocycles. The van der Waals surface area contributed by atoms with Crippen molar-refractivity contribution in [2.45, 2.75) is 31.1 Å². The van der Waals surface area contributed by atoms with Crippen molar-refractivity contribution in [1.29, 1.82) is 0 Å². The molecule has 1 spiro atoms. The van der Waals surface area contributed by atoms with Crippen LogP contribution in [0.4, 0.5) is 10.5 Å². The van der Waals surface area contributed by atoms with Gasteiger partial charge in [0.05, 0.1) is 6.54 Å². The molecular formula is C16H20BrN3O2. The lowest BCUT2D eigenvalue weighted by Gasteiger charge is -2.25. The van der Waals surface area contributed by atoms with E-state index in [0.717, 1.165) is 16.7 Å². The van der Waals surface area contributed by atoms with Gasteiger partial charge in [0.25, 0.3) is 0 Å². The Balaban J connectivity index is 1.83. The van der Waals surface area contributed by atoms with Crippen LogP contribution >= 0.6 is 15.9 Å². The van der Waals surface area contributed by atoms with E-state index in [1.54, 1.807) is 0 Å². The molecule has 1 aromatic rings. The van der Waals surface area contributed by atoms with Crippen molar-refractivity contribution < 1.29 is 9.59 Å². The number of benzene rings is 1. The van der Waals surface area contributed by atoms with E-state index in [0.29, 0.717) is 0 Å². The summed E-state index contributed by atoms with van der Waals surface area (Å²) in [5, 5.41) is 4.74. The van der Waals surface area contributed by atoms with Gasteiger partial charge in [0.2, 0.25) is 5.91 Å². The third-order valence-electron chi connectivity index (χ3n) is 4.74. The summed E-state index contributed by atoms with van der Waals surface area (Å²) in [5.41, 5.74) is 2.64. The lowest BCUT2D eigenvalue weighted by Crippen LogP contribution is -2.44. The molecular weight excluding hydrogens is 346 g/mol. The van der Waals surface area contributed by atoms with Gasteiger partial charge in [0.15, 0.2) is 0 Å². The van der Waals surface area contributed by atoms with Crippen LogP contribution in [-0.4, -0.2) is 32.1 Å². The van der Waals surface area contributed by atoms with E-state index in [1.165, 1.54) is 38.3 Å². The van der Waals surface area contributed by atoms with Crippen molar-refractivity contribution in [3.05, 3.63) is 28.2 Å². The number of nitrogens with one attached hydrogen (secondary N) is 2. The Labute approximate surface area is 138 Å². The number of hydrogen-bond donors (Lipinski definition) is 2. The maximum atomic E-state index is 12.0. The maximum Gasteiger partial charge on any atom is 0.321 e. The predicted molar refractivity (Wildman–Crippen MR) is 89.1 cm³/mol. The fraction of sp³-hybridized carbons (Fsp3) is 0.500. The smallest absolute Gasteiger partial charge is 0.321 e. The molecule has 0 aromatic heterocycles. The van der Waals surface area contributed by atoms with Crippen LogP contribution in [0.3, 0.4) is 0 Å². The summed E-state index contributed by atoms with van der Waals surface area (Å²) in [7, 11) is 1.50. The monoisotopic (exact) mass is 365 g/mol. The average molecular weight is 366 g/mol. The molecule has 3 amide bonds. The first-order chi connectivity index (χ1) is 10.5. The summed E-state index contributed by atoms with van der Waals surface area (Å²) >= 11 is 3.56. The van der Waals surface area contributed by atoms with Crippen LogP contribution in [0.5, 0.6) is 0 Å². The molecule has 1 heterocycles. The van der Waals surface area contributed by atoms with Crippen molar-refractivity contribution in [1.82, 2.24) is 10.6 Å². The Morgan fingerprint density at radius 3 is 2.73 bits per heavy atom. The van der Waals surface area contributed by atoms with Gasteiger partial charge in [-0.25, -0.2) is 4.79 Å². The number of halogens is 1. The molecule has 6 heteroatoms. The van der Waals surface area contributed by atoms with Gasteiger partial charge in [-0.05, 0) is 36.6 Å². The Morgan fingerprint density at radius 2 is 2.05 bits per heavy atom. The Morgan fingerprint density at radius 1 is 1.32 bits per heavy atom. The van der Waals surface area contributed by atoms with Crippen LogP contribution in [0.15, 0.2) is 22.7 Å². The first kappa shape index (κ1) is 15.3. The van der Waals surface area contributed by atoms with Gasteiger partial charge in [-0.2, -0.15) is 0 Å². The molecule has 3 rings (SSSR count). The highest BCUT2D eigenvalue weighted by atomic mass is 79.9. The molecule has 5 nitrogen and oxygen atoms in total. The van der Waals surface area contributed by atoms with Crippen LogP contribution in [0, 0.1) is 0 Å². The fourth-order valence-electron chi connectivity index (χ4n) is 3.77. The lowest BCUT2D eigenvalue weighted by molar-refractivity contribution is -0.118. The Kier molecular flexibility index (Phi) is 4.12. The maximum absolute atomic E-state index is 12.0. The second-order valence-electron chi connectivity index (χ2n) is 6.13. The molecule has 1 aliphatic heterocycles. The molecule has 2 N–H and O–H groups in total. The molecule has 2 aliphatic rings. The molecule has 1 fully saturated rings. The topological polar surface area (TPSA) is 61.4 Å². The lowest BCUT2D eigenvalue weighted by atomic mass is 9.81. The molecule has 0 bridgehead atoms. The molecule has 118 valence electrons. The van der Waals surface area contributed by atoms with Crippen molar-refractivity contribution in [2.24, 2.45) is 0 Å². The largest absolute Gasteiger partial charge is 0.361 e. The zero-order valence-corrected chi connectivity index (χ0v) is 14.2. The van der Waals surface area contributed by atoms with Gasteiger partial charge in [-0.15, -0.1) is 0 Å². The zero-order chi connectivity index (χ0) is 15.7. The predicted octanol–water partition coefficient (Wildman–Crippen LogP) is 2.54. The number of imide groups is 1. The van der Waals surface area contributed by atoms with Crippen LogP contribution in [-0.2, 0) is 10.2 Å². The number of carbonyl (C=O) groups is 2. The van der Waals surface area contributed by atoms with Gasteiger partial charge >= 0.3 is 6.03 Å². The minimum atomic E-state index is -0.462. The SMILES string of the molecule is CNC(=O)NC(=O)CN1CC2(CCCC2)c2cc(Br)ccc21. The van der Waals surface area contributed by atoms with Crippen molar-refractivity contribution in [3.8, 4) is 0 Å². The third-order valence-corrected chi connectivity index (χ3v) is 5.23. The average Bonchev–Trinajstić information content (AvgIpc) is 3.06. The summed E-state index contributed by atoms with van der Waals surface area (Å²) in [5.74, 6) is -0.275. The summed E-state index contributed by atoms with van der Waals surface area (Å²) in [4.78, 5) is 25.4. The molecule has 22 heavy (non-hydrogen) atoms. The fourth-order valence-corrected chi connectivity index (χ4v) is 4.13. The second kappa shape index (κ2) is 5.91. The minimum Gasteiger partial charge on any atom is -0.361 e. The van der Waals surface area contributed by atoms with Crippen LogP contribution < -0.4 is 15.5 Å². The van der Waals surface area contributed by atoms with E-state index >= 15 is 0 Å². The Hall–Kier alpha value is -1.56. The van der Waals surface area contributed by atoms with Gasteiger partial charge in [-0.1, -0.05) is 28.8 Å². The number of fused-ring (bicyclic) bond motifs is 2. The standard InChI is InChI=1S/C16H20BrN3O2/c1-18-15(22)19-14(21)9-20-10-16(6-2-3-7-16)12-8-11(17)4-5-13(12)20/h4-5,8H,2-3,6-7,9-10H2,1H3,(H2,18,19,21,22). The minimum absolute atomic E-state index is 0.173. The van der Waals surface area contributed by atoms with Crippen LogP contribution in [0.2, 0.25) is 0 Å². The molecule has 1 aliphatic carbocycles. The van der Waals surface area contributed by atoms with E-state index in [1.807, 2.05) is 6.07 Å².